The maximum Gasteiger partial charge on any atom is 0.227 e. The van der Waals surface area contributed by atoms with E-state index in [0.717, 1.165) is 18.4 Å². The summed E-state index contributed by atoms with van der Waals surface area (Å²) in [7, 11) is 0. The lowest BCUT2D eigenvalue weighted by Crippen LogP contribution is -2.23. The lowest BCUT2D eigenvalue weighted by Gasteiger charge is -2.08. The molecule has 1 aliphatic rings. The molecule has 1 aliphatic carbocycles. The van der Waals surface area contributed by atoms with Crippen LogP contribution in [0.1, 0.15) is 41.6 Å². The molecule has 1 fully saturated rings. The fraction of sp³-hybridized carbons (Fsp3) is 0.286. The number of benzene rings is 2. The van der Waals surface area contributed by atoms with E-state index in [0.29, 0.717) is 17.8 Å². The summed E-state index contributed by atoms with van der Waals surface area (Å²) in [6, 6.07) is 12.6. The van der Waals surface area contributed by atoms with Crippen LogP contribution in [0.15, 0.2) is 48.5 Å². The van der Waals surface area contributed by atoms with Crippen LogP contribution >= 0.6 is 0 Å². The van der Waals surface area contributed by atoms with Gasteiger partial charge in [0.25, 0.3) is 0 Å². The Morgan fingerprint density at radius 2 is 1.74 bits per heavy atom. The smallest absolute Gasteiger partial charge is 0.227 e. The molecule has 2 aromatic carbocycles. The Morgan fingerprint density at radius 3 is 2.44 bits per heavy atom. The molecule has 0 unspecified atom stereocenters. The van der Waals surface area contributed by atoms with Gasteiger partial charge >= 0.3 is 0 Å². The Balaban J connectivity index is 1.44. The molecule has 0 aliphatic heterocycles. The molecule has 1 saturated carbocycles. The third-order valence-electron chi connectivity index (χ3n) is 4.38. The van der Waals surface area contributed by atoms with Crippen molar-refractivity contribution >= 4 is 23.3 Å². The molecule has 2 aromatic rings. The minimum atomic E-state index is -0.403. The molecule has 0 radical (unpaired) electrons. The quantitative estimate of drug-likeness (QED) is 0.701. The van der Waals surface area contributed by atoms with Crippen LogP contribution < -0.4 is 10.6 Å². The summed E-state index contributed by atoms with van der Waals surface area (Å²) in [4.78, 5) is 35.8. The van der Waals surface area contributed by atoms with E-state index in [1.807, 2.05) is 24.3 Å². The topological polar surface area (TPSA) is 75.3 Å². The third-order valence-corrected chi connectivity index (χ3v) is 4.38. The molecular formula is C21H21FN2O3. The van der Waals surface area contributed by atoms with Gasteiger partial charge < -0.3 is 10.6 Å². The molecule has 2 amide bonds. The summed E-state index contributed by atoms with van der Waals surface area (Å²) >= 11 is 0. The number of ketones is 1. The largest absolute Gasteiger partial charge is 0.352 e. The van der Waals surface area contributed by atoms with Gasteiger partial charge in [0.05, 0.1) is 0 Å². The summed E-state index contributed by atoms with van der Waals surface area (Å²) in [5.74, 6) is -0.671. The van der Waals surface area contributed by atoms with E-state index in [-0.39, 0.29) is 36.4 Å². The Bertz CT molecular complexity index is 845. The van der Waals surface area contributed by atoms with Crippen LogP contribution in [-0.2, 0) is 16.1 Å². The molecule has 27 heavy (non-hydrogen) atoms. The van der Waals surface area contributed by atoms with E-state index in [1.165, 1.54) is 24.3 Å². The van der Waals surface area contributed by atoms with Gasteiger partial charge in [0.15, 0.2) is 5.78 Å². The van der Waals surface area contributed by atoms with Crippen molar-refractivity contribution in [3.8, 4) is 0 Å². The van der Waals surface area contributed by atoms with Crippen molar-refractivity contribution in [3.63, 3.8) is 0 Å². The lowest BCUT2D eigenvalue weighted by atomic mass is 10.1. The number of rotatable bonds is 8. The van der Waals surface area contributed by atoms with Crippen LogP contribution in [0.4, 0.5) is 10.1 Å². The van der Waals surface area contributed by atoms with Gasteiger partial charge in [0.1, 0.15) is 5.82 Å². The number of amides is 2. The highest BCUT2D eigenvalue weighted by Crippen LogP contribution is 2.30. The first kappa shape index (κ1) is 18.8. The molecule has 0 atom stereocenters. The second-order valence-electron chi connectivity index (χ2n) is 6.67. The second kappa shape index (κ2) is 8.58. The normalized spacial score (nSPS) is 13.1. The molecule has 0 saturated heterocycles. The zero-order valence-electron chi connectivity index (χ0n) is 14.8. The number of anilines is 1. The molecule has 0 spiro atoms. The number of carbonyl (C=O) groups is 3. The lowest BCUT2D eigenvalue weighted by molar-refractivity contribution is -0.121. The predicted molar refractivity (Wildman–Crippen MR) is 99.6 cm³/mol. The first-order valence-electron chi connectivity index (χ1n) is 8.96. The van der Waals surface area contributed by atoms with Crippen LogP contribution in [0, 0.1) is 11.7 Å². The Labute approximate surface area is 157 Å². The summed E-state index contributed by atoms with van der Waals surface area (Å²) in [5, 5.41) is 5.64. The van der Waals surface area contributed by atoms with Crippen LogP contribution in [0.25, 0.3) is 0 Å². The summed E-state index contributed by atoms with van der Waals surface area (Å²) in [5.41, 5.74) is 1.97. The average Bonchev–Trinajstić information content (AvgIpc) is 3.50. The molecule has 0 aromatic heterocycles. The number of hydrogen-bond donors (Lipinski definition) is 2. The van der Waals surface area contributed by atoms with Crippen molar-refractivity contribution < 1.29 is 18.8 Å². The van der Waals surface area contributed by atoms with E-state index in [1.54, 1.807) is 0 Å². The van der Waals surface area contributed by atoms with Crippen molar-refractivity contribution in [1.82, 2.24) is 5.32 Å². The predicted octanol–water partition coefficient (Wildman–Crippen LogP) is 3.45. The zero-order valence-corrected chi connectivity index (χ0v) is 14.8. The highest BCUT2D eigenvalue weighted by Gasteiger charge is 2.29. The van der Waals surface area contributed by atoms with Crippen molar-refractivity contribution in [3.05, 3.63) is 65.5 Å². The van der Waals surface area contributed by atoms with E-state index in [2.05, 4.69) is 10.6 Å². The number of hydrogen-bond acceptors (Lipinski definition) is 3. The average molecular weight is 368 g/mol. The number of halogens is 1. The van der Waals surface area contributed by atoms with E-state index >= 15 is 0 Å². The van der Waals surface area contributed by atoms with Crippen molar-refractivity contribution in [2.24, 2.45) is 5.92 Å². The first-order chi connectivity index (χ1) is 13.0. The SMILES string of the molecule is O=C(CCC(=O)c1ccc(F)cc1)NCc1cccc(NC(=O)C2CC2)c1. The van der Waals surface area contributed by atoms with Gasteiger partial charge in [0.2, 0.25) is 11.8 Å². The van der Waals surface area contributed by atoms with Crippen molar-refractivity contribution in [1.29, 1.82) is 0 Å². The van der Waals surface area contributed by atoms with Crippen molar-refractivity contribution in [2.75, 3.05) is 5.32 Å². The third kappa shape index (κ3) is 5.74. The van der Waals surface area contributed by atoms with Crippen molar-refractivity contribution in [2.45, 2.75) is 32.2 Å². The van der Waals surface area contributed by atoms with Gasteiger partial charge in [-0.3, -0.25) is 14.4 Å². The van der Waals surface area contributed by atoms with Gasteiger partial charge in [-0.05, 0) is 54.8 Å². The molecule has 5 nitrogen and oxygen atoms in total. The minimum absolute atomic E-state index is 0.0375. The highest BCUT2D eigenvalue weighted by atomic mass is 19.1. The van der Waals surface area contributed by atoms with Crippen LogP contribution in [0.2, 0.25) is 0 Å². The monoisotopic (exact) mass is 368 g/mol. The molecule has 0 bridgehead atoms. The van der Waals surface area contributed by atoms with Crippen LogP contribution in [0.3, 0.4) is 0 Å². The van der Waals surface area contributed by atoms with Gasteiger partial charge in [0, 0.05) is 36.6 Å². The Hall–Kier alpha value is -3.02. The van der Waals surface area contributed by atoms with E-state index < -0.39 is 5.82 Å². The van der Waals surface area contributed by atoms with E-state index in [9.17, 15) is 18.8 Å². The van der Waals surface area contributed by atoms with Gasteiger partial charge in [-0.25, -0.2) is 4.39 Å². The maximum absolute atomic E-state index is 12.9. The summed E-state index contributed by atoms with van der Waals surface area (Å²) < 4.78 is 12.9. The maximum atomic E-state index is 12.9. The minimum Gasteiger partial charge on any atom is -0.352 e. The Kier molecular flexibility index (Phi) is 5.96. The van der Waals surface area contributed by atoms with Gasteiger partial charge in [-0.1, -0.05) is 12.1 Å². The molecule has 0 heterocycles. The first-order valence-corrected chi connectivity index (χ1v) is 8.96. The van der Waals surface area contributed by atoms with Crippen LogP contribution in [-0.4, -0.2) is 17.6 Å². The standard InChI is InChI=1S/C21H21FN2O3/c22-17-8-6-15(7-9-17)19(25)10-11-20(26)23-13-14-2-1-3-18(12-14)24-21(27)16-4-5-16/h1-3,6-9,12,16H,4-5,10-11,13H2,(H,23,26)(H,24,27). The summed E-state index contributed by atoms with van der Waals surface area (Å²) in [6.07, 6.45) is 2.01. The van der Waals surface area contributed by atoms with Gasteiger partial charge in [-0.15, -0.1) is 0 Å². The highest BCUT2D eigenvalue weighted by molar-refractivity contribution is 5.98. The Morgan fingerprint density at radius 1 is 1.00 bits per heavy atom. The molecular weight excluding hydrogens is 347 g/mol. The number of Topliss-reactive ketones (excluding diaryl/α,β-unsaturated/α-hetero) is 1. The number of nitrogens with one attached hydrogen (secondary N) is 2. The zero-order chi connectivity index (χ0) is 19.2. The molecule has 6 heteroatoms. The molecule has 140 valence electrons. The molecule has 3 rings (SSSR count). The van der Waals surface area contributed by atoms with E-state index in [4.69, 9.17) is 0 Å². The fourth-order valence-electron chi connectivity index (χ4n) is 2.65. The van der Waals surface area contributed by atoms with Crippen LogP contribution in [0.5, 0.6) is 0 Å². The molecule has 2 N–H and O–H groups in total. The summed E-state index contributed by atoms with van der Waals surface area (Å²) in [6.45, 7) is 0.316. The number of carbonyl (C=O) groups excluding carboxylic acids is 3. The second-order valence-corrected chi connectivity index (χ2v) is 6.67. The van der Waals surface area contributed by atoms with Gasteiger partial charge in [-0.2, -0.15) is 0 Å². The fourth-order valence-corrected chi connectivity index (χ4v) is 2.65.